The molecule has 0 aliphatic rings. The van der Waals surface area contributed by atoms with Gasteiger partial charge in [0.1, 0.15) is 5.75 Å². The second-order valence-corrected chi connectivity index (χ2v) is 4.25. The Morgan fingerprint density at radius 2 is 2.06 bits per heavy atom. The number of alkyl halides is 3. The van der Waals surface area contributed by atoms with Gasteiger partial charge in [0.2, 0.25) is 0 Å². The lowest BCUT2D eigenvalue weighted by atomic mass is 10.0. The quantitative estimate of drug-likeness (QED) is 0.715. The van der Waals surface area contributed by atoms with Crippen LogP contribution in [-0.4, -0.2) is 11.9 Å². The first-order valence-corrected chi connectivity index (χ1v) is 6.42. The van der Waals surface area contributed by atoms with Crippen molar-refractivity contribution < 1.29 is 13.5 Å². The van der Waals surface area contributed by atoms with E-state index in [9.17, 15) is 8.78 Å². The first-order valence-electron chi connectivity index (χ1n) is 5.30. The SMILES string of the molecule is CCc1ccc(OC(F)F)cc1CCCBr. The average Bonchev–Trinajstić information content (AvgIpc) is 2.25. The molecule has 1 aromatic rings. The molecule has 0 N–H and O–H groups in total. The number of hydrogen-bond acceptors (Lipinski definition) is 1. The van der Waals surface area contributed by atoms with E-state index in [1.165, 1.54) is 5.56 Å². The summed E-state index contributed by atoms with van der Waals surface area (Å²) in [7, 11) is 0. The Hall–Kier alpha value is -0.640. The minimum atomic E-state index is -2.75. The van der Waals surface area contributed by atoms with Crippen LogP contribution in [0.4, 0.5) is 8.78 Å². The molecule has 1 nitrogen and oxygen atoms in total. The van der Waals surface area contributed by atoms with Crippen molar-refractivity contribution in [1.29, 1.82) is 0 Å². The molecule has 0 saturated carbocycles. The lowest BCUT2D eigenvalue weighted by Crippen LogP contribution is -2.03. The minimum Gasteiger partial charge on any atom is -0.435 e. The van der Waals surface area contributed by atoms with E-state index >= 15 is 0 Å². The smallest absolute Gasteiger partial charge is 0.387 e. The fourth-order valence-corrected chi connectivity index (χ4v) is 1.89. The molecule has 0 atom stereocenters. The largest absolute Gasteiger partial charge is 0.435 e. The maximum atomic E-state index is 12.1. The second kappa shape index (κ2) is 6.84. The van der Waals surface area contributed by atoms with Gasteiger partial charge in [-0.2, -0.15) is 8.78 Å². The zero-order valence-corrected chi connectivity index (χ0v) is 10.8. The third-order valence-electron chi connectivity index (χ3n) is 2.36. The standard InChI is InChI=1S/C12H15BrF2O/c1-2-9-5-6-11(16-12(14)15)8-10(9)4-3-7-13/h5-6,8,12H,2-4,7H2,1H3. The molecule has 0 amide bonds. The van der Waals surface area contributed by atoms with Gasteiger partial charge < -0.3 is 4.74 Å². The highest BCUT2D eigenvalue weighted by molar-refractivity contribution is 9.09. The molecule has 0 radical (unpaired) electrons. The Morgan fingerprint density at radius 3 is 2.62 bits per heavy atom. The fourth-order valence-electron chi connectivity index (χ4n) is 1.61. The van der Waals surface area contributed by atoms with E-state index in [-0.39, 0.29) is 5.75 Å². The molecule has 0 bridgehead atoms. The normalized spacial score (nSPS) is 10.8. The first kappa shape index (κ1) is 13.4. The van der Waals surface area contributed by atoms with Crippen LogP contribution in [0.3, 0.4) is 0 Å². The average molecular weight is 293 g/mol. The van der Waals surface area contributed by atoms with E-state index < -0.39 is 6.61 Å². The molecule has 1 aromatic carbocycles. The molecule has 0 fully saturated rings. The van der Waals surface area contributed by atoms with E-state index in [2.05, 4.69) is 27.6 Å². The van der Waals surface area contributed by atoms with E-state index in [1.54, 1.807) is 12.1 Å². The molecule has 16 heavy (non-hydrogen) atoms. The van der Waals surface area contributed by atoms with Crippen molar-refractivity contribution >= 4 is 15.9 Å². The topological polar surface area (TPSA) is 9.23 Å². The van der Waals surface area contributed by atoms with Crippen LogP contribution in [0.1, 0.15) is 24.5 Å². The second-order valence-electron chi connectivity index (χ2n) is 3.46. The predicted octanol–water partition coefficient (Wildman–Crippen LogP) is 4.18. The van der Waals surface area contributed by atoms with Crippen LogP contribution in [0.25, 0.3) is 0 Å². The maximum Gasteiger partial charge on any atom is 0.387 e. The van der Waals surface area contributed by atoms with Crippen molar-refractivity contribution in [2.45, 2.75) is 32.8 Å². The monoisotopic (exact) mass is 292 g/mol. The molecular weight excluding hydrogens is 278 g/mol. The number of halogens is 3. The fraction of sp³-hybridized carbons (Fsp3) is 0.500. The third-order valence-corrected chi connectivity index (χ3v) is 2.92. The van der Waals surface area contributed by atoms with Gasteiger partial charge in [-0.1, -0.05) is 28.9 Å². The van der Waals surface area contributed by atoms with Crippen LogP contribution in [0.2, 0.25) is 0 Å². The third kappa shape index (κ3) is 4.08. The van der Waals surface area contributed by atoms with Gasteiger partial charge in [0.05, 0.1) is 0 Å². The van der Waals surface area contributed by atoms with Crippen LogP contribution in [0, 0.1) is 0 Å². The van der Waals surface area contributed by atoms with Crippen LogP contribution in [0.15, 0.2) is 18.2 Å². The van der Waals surface area contributed by atoms with Gasteiger partial charge >= 0.3 is 6.61 Å². The number of benzene rings is 1. The van der Waals surface area contributed by atoms with Gasteiger partial charge in [0, 0.05) is 5.33 Å². The van der Waals surface area contributed by atoms with E-state index in [4.69, 9.17) is 0 Å². The highest BCUT2D eigenvalue weighted by atomic mass is 79.9. The number of rotatable bonds is 6. The van der Waals surface area contributed by atoms with Gasteiger partial charge in [-0.25, -0.2) is 0 Å². The molecule has 1 rings (SSSR count). The molecule has 0 saturated heterocycles. The van der Waals surface area contributed by atoms with Crippen molar-refractivity contribution in [2.75, 3.05) is 5.33 Å². The Bertz CT molecular complexity index is 329. The molecule has 0 spiro atoms. The first-order chi connectivity index (χ1) is 7.67. The molecule has 0 heterocycles. The summed E-state index contributed by atoms with van der Waals surface area (Å²) in [6, 6.07) is 5.18. The van der Waals surface area contributed by atoms with Crippen LogP contribution in [0.5, 0.6) is 5.75 Å². The van der Waals surface area contributed by atoms with Crippen LogP contribution < -0.4 is 4.74 Å². The van der Waals surface area contributed by atoms with Crippen molar-refractivity contribution in [3.05, 3.63) is 29.3 Å². The lowest BCUT2D eigenvalue weighted by Gasteiger charge is -2.10. The zero-order valence-electron chi connectivity index (χ0n) is 9.18. The van der Waals surface area contributed by atoms with Crippen molar-refractivity contribution in [2.24, 2.45) is 0 Å². The number of aryl methyl sites for hydroxylation is 2. The summed E-state index contributed by atoms with van der Waals surface area (Å²) >= 11 is 3.36. The van der Waals surface area contributed by atoms with Crippen molar-refractivity contribution in [3.8, 4) is 5.75 Å². The minimum absolute atomic E-state index is 0.247. The van der Waals surface area contributed by atoms with E-state index in [0.717, 1.165) is 30.2 Å². The summed E-state index contributed by atoms with van der Waals surface area (Å²) in [5, 5.41) is 0.913. The Morgan fingerprint density at radius 1 is 1.31 bits per heavy atom. The van der Waals surface area contributed by atoms with Gasteiger partial charge in [-0.05, 0) is 42.5 Å². The Labute approximate surface area is 103 Å². The molecule has 90 valence electrons. The maximum absolute atomic E-state index is 12.1. The molecule has 0 unspecified atom stereocenters. The molecule has 0 aromatic heterocycles. The zero-order chi connectivity index (χ0) is 12.0. The molecule has 4 heteroatoms. The molecule has 0 aliphatic carbocycles. The summed E-state index contributed by atoms with van der Waals surface area (Å²) in [6.45, 7) is -0.697. The number of hydrogen-bond donors (Lipinski definition) is 0. The van der Waals surface area contributed by atoms with E-state index in [1.807, 2.05) is 6.07 Å². The van der Waals surface area contributed by atoms with Crippen molar-refractivity contribution in [3.63, 3.8) is 0 Å². The van der Waals surface area contributed by atoms with Gasteiger partial charge in [0.15, 0.2) is 0 Å². The van der Waals surface area contributed by atoms with Crippen LogP contribution in [-0.2, 0) is 12.8 Å². The van der Waals surface area contributed by atoms with Crippen molar-refractivity contribution in [1.82, 2.24) is 0 Å². The van der Waals surface area contributed by atoms with Gasteiger partial charge in [-0.3, -0.25) is 0 Å². The number of ether oxygens (including phenoxy) is 1. The highest BCUT2D eigenvalue weighted by Crippen LogP contribution is 2.21. The Balaban J connectivity index is 2.83. The molecular formula is C12H15BrF2O. The van der Waals surface area contributed by atoms with Crippen LogP contribution >= 0.6 is 15.9 Å². The summed E-state index contributed by atoms with van der Waals surface area (Å²) in [6.07, 6.45) is 2.78. The Kier molecular flexibility index (Phi) is 5.74. The van der Waals surface area contributed by atoms with Gasteiger partial charge in [0.25, 0.3) is 0 Å². The highest BCUT2D eigenvalue weighted by Gasteiger charge is 2.07. The summed E-state index contributed by atoms with van der Waals surface area (Å²) in [5.41, 5.74) is 2.29. The van der Waals surface area contributed by atoms with E-state index in [0.29, 0.717) is 0 Å². The summed E-state index contributed by atoms with van der Waals surface area (Å²) < 4.78 is 28.5. The molecule has 0 aliphatic heterocycles. The summed E-state index contributed by atoms with van der Waals surface area (Å²) in [5.74, 6) is 0.247. The lowest BCUT2D eigenvalue weighted by molar-refractivity contribution is -0.0498. The van der Waals surface area contributed by atoms with Gasteiger partial charge in [-0.15, -0.1) is 0 Å². The summed E-state index contributed by atoms with van der Waals surface area (Å²) in [4.78, 5) is 0. The predicted molar refractivity (Wildman–Crippen MR) is 64.6 cm³/mol.